The maximum absolute atomic E-state index is 12.5. The lowest BCUT2D eigenvalue weighted by molar-refractivity contribution is 0.218. The lowest BCUT2D eigenvalue weighted by atomic mass is 10.0. The molecule has 1 aliphatic carbocycles. The number of carbonyl (C=O) groups excluding carboxylic acids is 1. The molecule has 5 rings (SSSR count). The second-order valence-electron chi connectivity index (χ2n) is 7.93. The number of fused-ring (bicyclic) bond motifs is 2. The van der Waals surface area contributed by atoms with Crippen molar-refractivity contribution in [2.24, 2.45) is 18.9 Å². The van der Waals surface area contributed by atoms with Crippen molar-refractivity contribution in [2.75, 3.05) is 23.7 Å². The number of carbonyl (C=O) groups is 1. The third-order valence-electron chi connectivity index (χ3n) is 5.86. The summed E-state index contributed by atoms with van der Waals surface area (Å²) < 4.78 is 1.68. The molecule has 0 spiro atoms. The molecule has 28 heavy (non-hydrogen) atoms. The van der Waals surface area contributed by atoms with Crippen molar-refractivity contribution in [3.8, 4) is 0 Å². The molecule has 2 amide bonds. The molecule has 1 saturated heterocycles. The fourth-order valence-electron chi connectivity index (χ4n) is 4.63. The summed E-state index contributed by atoms with van der Waals surface area (Å²) in [5.41, 5.74) is 1.60. The molecule has 0 unspecified atom stereocenters. The highest BCUT2D eigenvalue weighted by Gasteiger charge is 2.42. The van der Waals surface area contributed by atoms with Crippen LogP contribution < -0.4 is 10.6 Å². The summed E-state index contributed by atoms with van der Waals surface area (Å²) in [6.07, 6.45) is 7.47. The van der Waals surface area contributed by atoms with E-state index in [1.165, 1.54) is 0 Å². The van der Waals surface area contributed by atoms with E-state index in [2.05, 4.69) is 30.7 Å². The van der Waals surface area contributed by atoms with Gasteiger partial charge in [-0.25, -0.2) is 14.8 Å². The third-order valence-corrected chi connectivity index (χ3v) is 5.86. The molecule has 9 heteroatoms. The summed E-state index contributed by atoms with van der Waals surface area (Å²) in [5.74, 6) is 2.72. The average Bonchev–Trinajstić information content (AvgIpc) is 3.38. The fourth-order valence-corrected chi connectivity index (χ4v) is 4.63. The van der Waals surface area contributed by atoms with E-state index >= 15 is 0 Å². The Morgan fingerprint density at radius 3 is 2.75 bits per heavy atom. The summed E-state index contributed by atoms with van der Waals surface area (Å²) in [4.78, 5) is 26.6. The Morgan fingerprint density at radius 1 is 1.25 bits per heavy atom. The number of nitrogens with zero attached hydrogens (tertiary/aromatic N) is 5. The predicted molar refractivity (Wildman–Crippen MR) is 106 cm³/mol. The zero-order valence-corrected chi connectivity index (χ0v) is 16.0. The van der Waals surface area contributed by atoms with Gasteiger partial charge >= 0.3 is 6.03 Å². The van der Waals surface area contributed by atoms with Crippen molar-refractivity contribution in [3.63, 3.8) is 0 Å². The standard InChI is InChI=1S/C19H24N8O/c1-11-22-17-16(3-4-20-17)18(23-11)24-14-5-12-8-27(9-13(12)6-14)19(28)25-15-7-21-26(2)10-15/h3-4,7,10,12-14H,5-6,8-9H2,1-2H3,(H,25,28)(H2,20,22,23,24)/t12-,13+,14-. The van der Waals surface area contributed by atoms with Gasteiger partial charge in [-0.2, -0.15) is 5.10 Å². The number of amides is 2. The SMILES string of the molecule is Cc1nc(N[C@@H]2C[C@@H]3CN(C(=O)Nc4cnn(C)c4)C[C@@H]3C2)c2cc[nH]c2n1. The normalized spacial score (nSPS) is 23.9. The van der Waals surface area contributed by atoms with E-state index in [1.807, 2.05) is 31.1 Å². The molecule has 9 nitrogen and oxygen atoms in total. The minimum Gasteiger partial charge on any atom is -0.367 e. The highest BCUT2D eigenvalue weighted by Crippen LogP contribution is 2.39. The van der Waals surface area contributed by atoms with Crippen LogP contribution in [0.3, 0.4) is 0 Å². The van der Waals surface area contributed by atoms with E-state index in [9.17, 15) is 4.79 Å². The largest absolute Gasteiger partial charge is 0.367 e. The Hall–Kier alpha value is -3.10. The molecule has 1 saturated carbocycles. The van der Waals surface area contributed by atoms with E-state index in [0.29, 0.717) is 17.9 Å². The Bertz CT molecular complexity index is 1010. The topological polar surface area (TPSA) is 104 Å². The van der Waals surface area contributed by atoms with Crippen LogP contribution in [-0.2, 0) is 7.05 Å². The van der Waals surface area contributed by atoms with Gasteiger partial charge < -0.3 is 20.5 Å². The Kier molecular flexibility index (Phi) is 3.96. The number of urea groups is 1. The van der Waals surface area contributed by atoms with Gasteiger partial charge in [0.25, 0.3) is 0 Å². The predicted octanol–water partition coefficient (Wildman–Crippen LogP) is 2.35. The van der Waals surface area contributed by atoms with Crippen molar-refractivity contribution < 1.29 is 4.79 Å². The molecule has 3 aromatic rings. The molecule has 146 valence electrons. The molecule has 0 aromatic carbocycles. The van der Waals surface area contributed by atoms with Crippen molar-refractivity contribution in [1.82, 2.24) is 29.6 Å². The molecule has 3 atom stereocenters. The molecule has 3 N–H and O–H groups in total. The maximum Gasteiger partial charge on any atom is 0.321 e. The lowest BCUT2D eigenvalue weighted by Crippen LogP contribution is -2.34. The molecule has 4 heterocycles. The van der Waals surface area contributed by atoms with E-state index in [1.54, 1.807) is 17.1 Å². The van der Waals surface area contributed by atoms with E-state index < -0.39 is 0 Å². The van der Waals surface area contributed by atoms with Gasteiger partial charge in [0.15, 0.2) is 0 Å². The number of aryl methyl sites for hydroxylation is 2. The number of rotatable bonds is 3. The van der Waals surface area contributed by atoms with Crippen LogP contribution in [0.15, 0.2) is 24.7 Å². The van der Waals surface area contributed by atoms with Crippen molar-refractivity contribution >= 4 is 28.6 Å². The van der Waals surface area contributed by atoms with Gasteiger partial charge in [-0.3, -0.25) is 4.68 Å². The van der Waals surface area contributed by atoms with Crippen LogP contribution >= 0.6 is 0 Å². The Morgan fingerprint density at radius 2 is 2.04 bits per heavy atom. The first-order valence-electron chi connectivity index (χ1n) is 9.68. The number of aromatic amines is 1. The van der Waals surface area contributed by atoms with Crippen LogP contribution in [-0.4, -0.2) is 54.8 Å². The molecular weight excluding hydrogens is 356 g/mol. The monoisotopic (exact) mass is 380 g/mol. The second-order valence-corrected chi connectivity index (χ2v) is 7.93. The third kappa shape index (κ3) is 3.06. The molecule has 3 aromatic heterocycles. The number of aromatic nitrogens is 5. The van der Waals surface area contributed by atoms with Gasteiger partial charge in [-0.05, 0) is 37.7 Å². The van der Waals surface area contributed by atoms with Crippen LogP contribution in [0, 0.1) is 18.8 Å². The smallest absolute Gasteiger partial charge is 0.321 e. The van der Waals surface area contributed by atoms with Gasteiger partial charge in [-0.15, -0.1) is 0 Å². The minimum atomic E-state index is -0.0348. The summed E-state index contributed by atoms with van der Waals surface area (Å²) in [7, 11) is 1.84. The first-order valence-corrected chi connectivity index (χ1v) is 9.68. The van der Waals surface area contributed by atoms with E-state index in [-0.39, 0.29) is 6.03 Å². The van der Waals surface area contributed by atoms with Gasteiger partial charge in [0, 0.05) is 38.6 Å². The quantitative estimate of drug-likeness (QED) is 0.647. The van der Waals surface area contributed by atoms with Crippen molar-refractivity contribution in [1.29, 1.82) is 0 Å². The lowest BCUT2D eigenvalue weighted by Gasteiger charge is -2.20. The molecule has 1 aliphatic heterocycles. The van der Waals surface area contributed by atoms with Gasteiger partial charge in [0.1, 0.15) is 17.3 Å². The second kappa shape index (κ2) is 6.50. The van der Waals surface area contributed by atoms with Crippen molar-refractivity contribution in [2.45, 2.75) is 25.8 Å². The van der Waals surface area contributed by atoms with Gasteiger partial charge in [-0.1, -0.05) is 0 Å². The van der Waals surface area contributed by atoms with Gasteiger partial charge in [0.05, 0.1) is 17.3 Å². The first-order chi connectivity index (χ1) is 13.5. The number of H-pyrrole nitrogens is 1. The number of hydrogen-bond acceptors (Lipinski definition) is 5. The fraction of sp³-hybridized carbons (Fsp3) is 0.474. The van der Waals surface area contributed by atoms with E-state index in [4.69, 9.17) is 0 Å². The first kappa shape index (κ1) is 17.0. The minimum absolute atomic E-state index is 0.0348. The van der Waals surface area contributed by atoms with Crippen LogP contribution in [0.1, 0.15) is 18.7 Å². The Balaban J connectivity index is 1.21. The molecule has 0 bridgehead atoms. The van der Waals surface area contributed by atoms with Crippen LogP contribution in [0.5, 0.6) is 0 Å². The number of likely N-dealkylation sites (tertiary alicyclic amines) is 1. The average molecular weight is 380 g/mol. The molecule has 2 aliphatic rings. The Labute approximate surface area is 162 Å². The summed E-state index contributed by atoms with van der Waals surface area (Å²) in [6, 6.07) is 2.36. The van der Waals surface area contributed by atoms with Gasteiger partial charge in [0.2, 0.25) is 0 Å². The highest BCUT2D eigenvalue weighted by atomic mass is 16.2. The maximum atomic E-state index is 12.5. The number of nitrogens with one attached hydrogen (secondary N) is 3. The van der Waals surface area contributed by atoms with Crippen LogP contribution in [0.2, 0.25) is 0 Å². The molecule has 2 fully saturated rings. The summed E-state index contributed by atoms with van der Waals surface area (Å²) >= 11 is 0. The summed E-state index contributed by atoms with van der Waals surface area (Å²) in [5, 5.41) is 11.7. The number of anilines is 2. The van der Waals surface area contributed by atoms with E-state index in [0.717, 1.165) is 54.3 Å². The highest BCUT2D eigenvalue weighted by molar-refractivity contribution is 5.89. The zero-order chi connectivity index (χ0) is 19.3. The summed E-state index contributed by atoms with van der Waals surface area (Å²) in [6.45, 7) is 3.52. The number of hydrogen-bond donors (Lipinski definition) is 3. The molecule has 0 radical (unpaired) electrons. The molecular formula is C19H24N8O. The van der Waals surface area contributed by atoms with Crippen LogP contribution in [0.25, 0.3) is 11.0 Å². The van der Waals surface area contributed by atoms with Crippen molar-refractivity contribution in [3.05, 3.63) is 30.5 Å². The van der Waals surface area contributed by atoms with Crippen LogP contribution in [0.4, 0.5) is 16.3 Å². The zero-order valence-electron chi connectivity index (χ0n) is 16.0.